The van der Waals surface area contributed by atoms with Crippen molar-refractivity contribution < 1.29 is 22.7 Å². The van der Waals surface area contributed by atoms with E-state index >= 15 is 0 Å². The largest absolute Gasteiger partial charge is 0.297 e. The first kappa shape index (κ1) is 83.2. The summed E-state index contributed by atoms with van der Waals surface area (Å²) in [6.07, 6.45) is 9.75. The Kier molecular flexibility index (Phi) is 20.5. The van der Waals surface area contributed by atoms with Gasteiger partial charge in [0.2, 0.25) is 0 Å². The molecule has 0 aliphatic heterocycles. The van der Waals surface area contributed by atoms with Crippen LogP contribution in [-0.4, -0.2) is 47.1 Å². The number of benzene rings is 10. The number of nitrogens with zero attached hydrogens (tertiary/aromatic N) is 15. The first-order valence-electron chi connectivity index (χ1n) is 46.6. The highest BCUT2D eigenvalue weighted by Crippen LogP contribution is 2.41. The number of para-hydroxylation sites is 6. The van der Waals surface area contributed by atoms with Gasteiger partial charge in [0.15, 0.2) is 55.2 Å². The standard InChI is InChI=1S/3C24H24N3.2C22H20N3/c1-5-16-10-9-13-20-22(16)23-21(15(3)14-17(6-2)25-23)24-26(4)18-11-7-8-12-19(18)27(20)24;1-5-16-11-12-19-18(14-16)23-22(15(3)13-17(6-2)25-23)24-26(4)20-9-7-8-10-21(20)27(19)24;1-5-16-11-12-18-21(14-16)27-20-10-8-7-9-19(20)26(4)24(27)22-15(3)13-17(6-2)25-23(18)22;1-13-5-7-17-16(11-13)21-20(15(3)9-10-23-21)22-24(4)19-12-14(2)6-8-18(19)25(17)22;1-13-5-7-16-18(11-13)25-17-8-6-14(2)12-19(17)24(4)22(25)20-15(3)9-10-23-21(16)20/h3*7-14H,5-6H2,1-4H3;2*5-12H,1-4H3/q5*+1. The maximum Gasteiger partial charge on any atom is 0.297 e. The van der Waals surface area contributed by atoms with E-state index in [9.17, 15) is 0 Å². The predicted molar refractivity (Wildman–Crippen MR) is 543 cm³/mol. The minimum atomic E-state index is 0.950. The van der Waals surface area contributed by atoms with Crippen molar-refractivity contribution in [1.82, 2.24) is 47.1 Å². The van der Waals surface area contributed by atoms with E-state index in [2.05, 4.69) is 414 Å². The summed E-state index contributed by atoms with van der Waals surface area (Å²) in [6.45, 7) is 32.8. The number of aryl methyl sites for hydroxylation is 20. The third kappa shape index (κ3) is 12.9. The molecule has 15 heterocycles. The summed E-state index contributed by atoms with van der Waals surface area (Å²) < 4.78 is 23.6. The van der Waals surface area contributed by atoms with E-state index in [1.54, 1.807) is 0 Å². The molecule has 131 heavy (non-hydrogen) atoms. The second-order valence-electron chi connectivity index (χ2n) is 36.4. The van der Waals surface area contributed by atoms with Gasteiger partial charge in [-0.2, -0.15) is 22.0 Å². The minimum absolute atomic E-state index is 0.950. The van der Waals surface area contributed by atoms with E-state index in [0.29, 0.717) is 0 Å². The SMILES string of the molecule is CCc1cc(C)c2c(n1)c1c(CC)cccc1n1c3ccccc3[n+](C)c21.CCc1ccc2c(c1)c1nc(CC)cc(C)c1c1n2c2ccccc2[n+]1C.CCc1ccc2c3nc(CC)cc(C)c3c3n(c2c1)c1ccccc1[n+]3C.Cc1ccc2c(c1)c1nccc(C)c1c1n(C)c3cc(C)ccc3[n+]21.Cc1ccc2c3nccc(C)c3c3n(c2c1)c1ccc(C)cc1[n+]3C. The highest BCUT2D eigenvalue weighted by atomic mass is 15.2. The van der Waals surface area contributed by atoms with Crippen LogP contribution in [0, 0.1) is 62.3 Å². The zero-order valence-corrected chi connectivity index (χ0v) is 79.0. The Morgan fingerprint density at radius 1 is 0.252 bits per heavy atom. The number of rotatable bonds is 6. The topological polar surface area (TPSA) is 107 Å². The third-order valence-electron chi connectivity index (χ3n) is 28.1. The van der Waals surface area contributed by atoms with Crippen molar-refractivity contribution >= 4 is 192 Å². The fourth-order valence-electron chi connectivity index (χ4n) is 21.5. The second kappa shape index (κ2) is 32.2. The Morgan fingerprint density at radius 2 is 0.649 bits per heavy atom. The van der Waals surface area contributed by atoms with Crippen molar-refractivity contribution in [3.8, 4) is 0 Å². The number of hydrogen-bond donors (Lipinski definition) is 0. The van der Waals surface area contributed by atoms with Crippen LogP contribution < -0.4 is 22.7 Å². The van der Waals surface area contributed by atoms with Crippen LogP contribution in [0.4, 0.5) is 0 Å². The smallest absolute Gasteiger partial charge is 0.255 e. The van der Waals surface area contributed by atoms with E-state index in [4.69, 9.17) is 24.9 Å². The Labute approximate surface area is 761 Å². The Morgan fingerprint density at radius 3 is 1.21 bits per heavy atom. The van der Waals surface area contributed by atoms with Crippen molar-refractivity contribution in [2.45, 2.75) is 142 Å². The van der Waals surface area contributed by atoms with Crippen LogP contribution in [0.3, 0.4) is 0 Å². The average molecular weight is 1720 g/mol. The molecule has 25 aromatic rings. The zero-order valence-electron chi connectivity index (χ0n) is 79.0. The second-order valence-corrected chi connectivity index (χ2v) is 36.4. The molecule has 25 rings (SSSR count). The molecule has 0 atom stereocenters. The molecule has 646 valence electrons. The van der Waals surface area contributed by atoms with Gasteiger partial charge in [0.1, 0.15) is 27.6 Å². The fraction of sp³-hybridized carbons (Fsp3) is 0.224. The molecule has 15 heteroatoms. The van der Waals surface area contributed by atoms with E-state index in [0.717, 1.165) is 83.2 Å². The van der Waals surface area contributed by atoms with Gasteiger partial charge in [-0.25, -0.2) is 22.8 Å². The molecule has 0 saturated heterocycles. The molecular formula is C116H112N15+5. The number of imidazole rings is 5. The van der Waals surface area contributed by atoms with Gasteiger partial charge in [0.05, 0.1) is 95.1 Å². The lowest BCUT2D eigenvalue weighted by Crippen LogP contribution is -2.27. The first-order chi connectivity index (χ1) is 63.5. The molecule has 0 bridgehead atoms. The highest BCUT2D eigenvalue weighted by Gasteiger charge is 2.33. The molecule has 15 nitrogen and oxygen atoms in total. The van der Waals surface area contributed by atoms with E-state index in [1.807, 2.05) is 12.4 Å². The van der Waals surface area contributed by atoms with Crippen molar-refractivity contribution in [2.75, 3.05) is 0 Å². The lowest BCUT2D eigenvalue weighted by Gasteiger charge is -2.11. The Balaban J connectivity index is 0.0000000989. The predicted octanol–water partition coefficient (Wildman–Crippen LogP) is 24.2. The van der Waals surface area contributed by atoms with Gasteiger partial charge in [0.25, 0.3) is 28.2 Å². The third-order valence-corrected chi connectivity index (χ3v) is 28.1. The van der Waals surface area contributed by atoms with E-state index < -0.39 is 0 Å². The van der Waals surface area contributed by atoms with Crippen LogP contribution >= 0.6 is 0 Å². The first-order valence-corrected chi connectivity index (χ1v) is 46.6. The summed E-state index contributed by atoms with van der Waals surface area (Å²) in [6, 6.07) is 83.9. The zero-order chi connectivity index (χ0) is 90.7. The maximum atomic E-state index is 5.13. The minimum Gasteiger partial charge on any atom is -0.255 e. The van der Waals surface area contributed by atoms with Gasteiger partial charge in [-0.3, -0.25) is 24.9 Å². The van der Waals surface area contributed by atoms with Gasteiger partial charge in [0, 0.05) is 51.0 Å². The Hall–Kier alpha value is -14.7. The highest BCUT2D eigenvalue weighted by molar-refractivity contribution is 6.17. The van der Waals surface area contributed by atoms with Crippen LogP contribution in [-0.2, 0) is 73.8 Å². The molecule has 0 aliphatic carbocycles. The van der Waals surface area contributed by atoms with Crippen LogP contribution in [0.2, 0.25) is 0 Å². The summed E-state index contributed by atoms with van der Waals surface area (Å²) in [5, 5.41) is 12.4. The summed E-state index contributed by atoms with van der Waals surface area (Å²) >= 11 is 0. The lowest BCUT2D eigenvalue weighted by atomic mass is 10.0. The summed E-state index contributed by atoms with van der Waals surface area (Å²) in [7, 11) is 10.8. The fourth-order valence-corrected chi connectivity index (χ4v) is 21.5. The van der Waals surface area contributed by atoms with Crippen molar-refractivity contribution in [3.63, 3.8) is 0 Å². The molecule has 15 aromatic heterocycles. The normalized spacial score (nSPS) is 12.0. The van der Waals surface area contributed by atoms with E-state index in [1.165, 1.54) is 232 Å². The van der Waals surface area contributed by atoms with Crippen LogP contribution in [0.1, 0.15) is 125 Å². The summed E-state index contributed by atoms with van der Waals surface area (Å²) in [5.41, 5.74) is 49.2. The maximum absolute atomic E-state index is 5.13. The average Bonchev–Trinajstić information content (AvgIpc) is 1.59. The van der Waals surface area contributed by atoms with Gasteiger partial charge >= 0.3 is 0 Å². The molecule has 0 fully saturated rings. The monoisotopic (exact) mass is 1710 g/mol. The summed E-state index contributed by atoms with van der Waals surface area (Å²) in [5.74, 6) is 0. The van der Waals surface area contributed by atoms with Gasteiger partial charge in [-0.15, -0.1) is 0 Å². The molecule has 0 aliphatic rings. The molecule has 10 aromatic carbocycles. The quantitative estimate of drug-likeness (QED) is 0.122. The molecule has 0 saturated carbocycles. The molecule has 0 amide bonds. The molecule has 0 N–H and O–H groups in total. The van der Waals surface area contributed by atoms with Crippen molar-refractivity contribution in [2.24, 2.45) is 35.2 Å². The van der Waals surface area contributed by atoms with Crippen molar-refractivity contribution in [3.05, 3.63) is 327 Å². The number of pyridine rings is 10. The number of hydrogen-bond acceptors (Lipinski definition) is 5. The van der Waals surface area contributed by atoms with Gasteiger partial charge < -0.3 is 0 Å². The Bertz CT molecular complexity index is 9100. The van der Waals surface area contributed by atoms with Gasteiger partial charge in [-0.1, -0.05) is 132 Å². The summed E-state index contributed by atoms with van der Waals surface area (Å²) in [4.78, 5) is 24.8. The van der Waals surface area contributed by atoms with E-state index in [-0.39, 0.29) is 0 Å². The lowest BCUT2D eigenvalue weighted by molar-refractivity contribution is -0.617. The van der Waals surface area contributed by atoms with Crippen LogP contribution in [0.5, 0.6) is 0 Å². The number of fused-ring (bicyclic) bond motifs is 40. The number of aromatic nitrogens is 15. The molecular weight excluding hydrogens is 1600 g/mol. The van der Waals surface area contributed by atoms with Crippen molar-refractivity contribution in [1.29, 1.82) is 0 Å². The molecule has 0 radical (unpaired) electrons. The van der Waals surface area contributed by atoms with Crippen LogP contribution in [0.25, 0.3) is 192 Å². The molecule has 0 unspecified atom stereocenters. The van der Waals surface area contributed by atoms with Crippen LogP contribution in [0.15, 0.2) is 243 Å². The molecule has 0 spiro atoms. The van der Waals surface area contributed by atoms with Gasteiger partial charge in [-0.05, 0) is 308 Å².